The van der Waals surface area contributed by atoms with Crippen LogP contribution in [0.4, 0.5) is 0 Å². The monoisotopic (exact) mass is 104 g/mol. The van der Waals surface area contributed by atoms with Crippen molar-refractivity contribution in [1.82, 2.24) is 5.48 Å². The maximum Gasteiger partial charge on any atom is 0.0676 e. The average molecular weight is 104 g/mol. The summed E-state index contributed by atoms with van der Waals surface area (Å²) in [6.07, 6.45) is 1.17. The lowest BCUT2D eigenvalue weighted by molar-refractivity contribution is 0.155. The van der Waals surface area contributed by atoms with Crippen molar-refractivity contribution in [2.45, 2.75) is 13.0 Å². The maximum atomic E-state index is 8.01. The third-order valence-electron chi connectivity index (χ3n) is 0.494. The highest BCUT2D eigenvalue weighted by Crippen LogP contribution is 1.68. The highest BCUT2D eigenvalue weighted by atomic mass is 16.5. The Kier molecular flexibility index (Phi) is 3.26. The molecule has 4 nitrogen and oxygen atoms in total. The van der Waals surface area contributed by atoms with Gasteiger partial charge in [0.15, 0.2) is 0 Å². The van der Waals surface area contributed by atoms with E-state index in [1.54, 1.807) is 6.92 Å². The van der Waals surface area contributed by atoms with Crippen molar-refractivity contribution in [3.05, 3.63) is 0 Å². The molecule has 0 aromatic carbocycles. The van der Waals surface area contributed by atoms with Gasteiger partial charge in [-0.05, 0) is 6.92 Å². The van der Waals surface area contributed by atoms with Crippen LogP contribution in [0, 0.1) is 0 Å². The fraction of sp³-hybridized carbons (Fsp3) is 0.667. The van der Waals surface area contributed by atoms with E-state index in [0.717, 1.165) is 0 Å². The molecular formula is C3H8N2O2. The van der Waals surface area contributed by atoms with Gasteiger partial charge in [0.1, 0.15) is 0 Å². The standard InChI is InChI=1S/C3H8N2O2/c1-3(5-7)2-4-6/h2-3,5-7H,1H3/b4-2+. The first-order valence-corrected chi connectivity index (χ1v) is 1.88. The highest BCUT2D eigenvalue weighted by Gasteiger charge is 1.88. The Morgan fingerprint density at radius 3 is 2.57 bits per heavy atom. The van der Waals surface area contributed by atoms with E-state index < -0.39 is 0 Å². The van der Waals surface area contributed by atoms with E-state index in [1.807, 2.05) is 5.48 Å². The zero-order valence-electron chi connectivity index (χ0n) is 4.00. The van der Waals surface area contributed by atoms with Crippen molar-refractivity contribution in [3.63, 3.8) is 0 Å². The molecule has 0 fully saturated rings. The number of hydrogen-bond acceptors (Lipinski definition) is 4. The molecule has 0 aliphatic rings. The fourth-order valence-corrected chi connectivity index (χ4v) is 0.133. The second-order valence-corrected chi connectivity index (χ2v) is 1.18. The third kappa shape index (κ3) is 3.21. The minimum absolute atomic E-state index is 0.287. The van der Waals surface area contributed by atoms with Crippen LogP contribution in [0.25, 0.3) is 0 Å². The molecule has 0 saturated heterocycles. The molecule has 0 radical (unpaired) electrons. The molecule has 0 amide bonds. The smallest absolute Gasteiger partial charge is 0.0676 e. The molecule has 0 spiro atoms. The number of rotatable bonds is 2. The Hall–Kier alpha value is -0.610. The van der Waals surface area contributed by atoms with Crippen LogP contribution < -0.4 is 5.48 Å². The minimum atomic E-state index is -0.287. The fourth-order valence-electron chi connectivity index (χ4n) is 0.133. The molecule has 3 N–H and O–H groups in total. The van der Waals surface area contributed by atoms with Crippen LogP contribution in [0.3, 0.4) is 0 Å². The van der Waals surface area contributed by atoms with Crippen LogP contribution in [-0.2, 0) is 0 Å². The summed E-state index contributed by atoms with van der Waals surface area (Å²) < 4.78 is 0. The summed E-state index contributed by atoms with van der Waals surface area (Å²) in [6.45, 7) is 1.64. The normalized spacial score (nSPS) is 15.1. The molecule has 0 aromatic rings. The molecular weight excluding hydrogens is 96.0 g/mol. The van der Waals surface area contributed by atoms with Gasteiger partial charge in [0.2, 0.25) is 0 Å². The largest absolute Gasteiger partial charge is 0.411 e. The summed E-state index contributed by atoms with van der Waals surface area (Å²) in [5, 5.41) is 18.5. The van der Waals surface area contributed by atoms with E-state index >= 15 is 0 Å². The molecule has 0 rings (SSSR count). The minimum Gasteiger partial charge on any atom is -0.411 e. The second-order valence-electron chi connectivity index (χ2n) is 1.18. The quantitative estimate of drug-likeness (QED) is 0.258. The van der Waals surface area contributed by atoms with Crippen LogP contribution in [0.5, 0.6) is 0 Å². The molecule has 0 aliphatic heterocycles. The van der Waals surface area contributed by atoms with Crippen molar-refractivity contribution in [1.29, 1.82) is 0 Å². The zero-order valence-corrected chi connectivity index (χ0v) is 4.00. The summed E-state index contributed by atoms with van der Waals surface area (Å²) in [6, 6.07) is -0.287. The Bertz CT molecular complexity index is 64.0. The van der Waals surface area contributed by atoms with Crippen LogP contribution in [0.2, 0.25) is 0 Å². The number of hydrogen-bond donors (Lipinski definition) is 3. The molecule has 0 bridgehead atoms. The molecule has 7 heavy (non-hydrogen) atoms. The van der Waals surface area contributed by atoms with E-state index in [0.29, 0.717) is 0 Å². The first kappa shape index (κ1) is 6.39. The summed E-state index contributed by atoms with van der Waals surface area (Å²) in [5.41, 5.74) is 1.86. The molecule has 0 saturated carbocycles. The summed E-state index contributed by atoms with van der Waals surface area (Å²) in [7, 11) is 0. The Balaban J connectivity index is 3.16. The summed E-state index contributed by atoms with van der Waals surface area (Å²) in [4.78, 5) is 0. The predicted molar refractivity (Wildman–Crippen MR) is 24.7 cm³/mol. The van der Waals surface area contributed by atoms with E-state index in [4.69, 9.17) is 10.4 Å². The van der Waals surface area contributed by atoms with Crippen molar-refractivity contribution in [3.8, 4) is 0 Å². The molecule has 1 unspecified atom stereocenters. The molecule has 1 atom stereocenters. The van der Waals surface area contributed by atoms with Crippen LogP contribution in [-0.4, -0.2) is 22.7 Å². The van der Waals surface area contributed by atoms with E-state index in [9.17, 15) is 0 Å². The molecule has 0 heterocycles. The third-order valence-corrected chi connectivity index (χ3v) is 0.494. The van der Waals surface area contributed by atoms with Crippen molar-refractivity contribution in [2.75, 3.05) is 0 Å². The number of nitrogens with one attached hydrogen (secondary N) is 1. The van der Waals surface area contributed by atoms with Crippen molar-refractivity contribution in [2.24, 2.45) is 5.16 Å². The van der Waals surface area contributed by atoms with E-state index in [2.05, 4.69) is 5.16 Å². The van der Waals surface area contributed by atoms with Crippen LogP contribution in [0.1, 0.15) is 6.92 Å². The zero-order chi connectivity index (χ0) is 5.70. The van der Waals surface area contributed by atoms with Gasteiger partial charge in [0.05, 0.1) is 12.3 Å². The Labute approximate surface area is 41.4 Å². The first-order chi connectivity index (χ1) is 3.31. The van der Waals surface area contributed by atoms with Gasteiger partial charge in [-0.2, -0.15) is 5.48 Å². The first-order valence-electron chi connectivity index (χ1n) is 1.88. The van der Waals surface area contributed by atoms with Gasteiger partial charge in [-0.3, -0.25) is 0 Å². The summed E-state index contributed by atoms with van der Waals surface area (Å²) in [5.74, 6) is 0. The lowest BCUT2D eigenvalue weighted by Crippen LogP contribution is -2.22. The van der Waals surface area contributed by atoms with E-state index in [-0.39, 0.29) is 6.04 Å². The van der Waals surface area contributed by atoms with Gasteiger partial charge in [0.25, 0.3) is 0 Å². The molecule has 0 aromatic heterocycles. The van der Waals surface area contributed by atoms with Crippen molar-refractivity contribution >= 4 is 6.21 Å². The number of hydroxylamine groups is 1. The van der Waals surface area contributed by atoms with Crippen molar-refractivity contribution < 1.29 is 10.4 Å². The van der Waals surface area contributed by atoms with E-state index in [1.165, 1.54) is 6.21 Å². The number of nitrogens with zero attached hydrogens (tertiary/aromatic N) is 1. The van der Waals surface area contributed by atoms with Gasteiger partial charge in [-0.1, -0.05) is 0 Å². The Morgan fingerprint density at radius 1 is 1.86 bits per heavy atom. The predicted octanol–water partition coefficient (Wildman–Crippen LogP) is -0.186. The van der Waals surface area contributed by atoms with Crippen LogP contribution >= 0.6 is 0 Å². The average Bonchev–Trinajstić information content (AvgIpc) is 1.68. The molecule has 0 aliphatic carbocycles. The lowest BCUT2D eigenvalue weighted by atomic mass is 10.4. The van der Waals surface area contributed by atoms with Gasteiger partial charge >= 0.3 is 0 Å². The second kappa shape index (κ2) is 3.58. The topological polar surface area (TPSA) is 64.9 Å². The van der Waals surface area contributed by atoms with Gasteiger partial charge < -0.3 is 10.4 Å². The maximum absolute atomic E-state index is 8.01. The summed E-state index contributed by atoms with van der Waals surface area (Å²) >= 11 is 0. The van der Waals surface area contributed by atoms with Crippen LogP contribution in [0.15, 0.2) is 5.16 Å². The van der Waals surface area contributed by atoms with Gasteiger partial charge in [-0.25, -0.2) is 0 Å². The van der Waals surface area contributed by atoms with Gasteiger partial charge in [-0.15, -0.1) is 5.16 Å². The SMILES string of the molecule is CC(/C=N/O)NO. The molecule has 42 valence electrons. The number of oxime groups is 1. The molecule has 4 heteroatoms. The lowest BCUT2D eigenvalue weighted by Gasteiger charge is -1.95. The highest BCUT2D eigenvalue weighted by molar-refractivity contribution is 5.62. The van der Waals surface area contributed by atoms with Gasteiger partial charge in [0, 0.05) is 0 Å². The Morgan fingerprint density at radius 2 is 2.43 bits per heavy atom.